The first-order chi connectivity index (χ1) is 17.9. The van der Waals surface area contributed by atoms with E-state index in [1.165, 1.54) is 0 Å². The van der Waals surface area contributed by atoms with Crippen LogP contribution in [-0.4, -0.2) is 20.4 Å². The molecule has 0 fully saturated rings. The number of carbonyl (C=O) groups is 1. The lowest BCUT2D eigenvalue weighted by Crippen LogP contribution is -2.37. The average Bonchev–Trinajstić information content (AvgIpc) is 3.36. The van der Waals surface area contributed by atoms with Gasteiger partial charge in [0.15, 0.2) is 0 Å². The molecular formula is C32H39N3O3. The molecule has 2 aromatic heterocycles. The lowest BCUT2D eigenvalue weighted by molar-refractivity contribution is -0.135. The number of carbonyl (C=O) groups excluding carboxylic acids is 1. The van der Waals surface area contributed by atoms with Crippen LogP contribution in [-0.2, 0) is 11.3 Å². The second-order valence-electron chi connectivity index (χ2n) is 11.7. The number of furan rings is 1. The van der Waals surface area contributed by atoms with Crippen LogP contribution in [0.25, 0.3) is 16.6 Å². The Balaban J connectivity index is 1.84. The van der Waals surface area contributed by atoms with Gasteiger partial charge in [0.1, 0.15) is 11.6 Å². The van der Waals surface area contributed by atoms with Gasteiger partial charge >= 0.3 is 0 Å². The van der Waals surface area contributed by atoms with Gasteiger partial charge in [0, 0.05) is 6.42 Å². The number of para-hydroxylation sites is 1. The van der Waals surface area contributed by atoms with Crippen LogP contribution in [0.2, 0.25) is 0 Å². The zero-order valence-corrected chi connectivity index (χ0v) is 23.6. The molecule has 0 aliphatic heterocycles. The standard InChI is InChI=1S/C32H39N3O3/c1-21(19-32(5,6)7)17-29(36)34(20-26-11-10-16-38-26)24(4)30-33-28-13-9-8-12-27(28)31(37)35(30)25-15-14-22(2)23(3)18-25/h8-16,18,21,24H,17,19-20H2,1-7H3. The summed E-state index contributed by atoms with van der Waals surface area (Å²) in [5.41, 5.74) is 3.57. The molecule has 4 rings (SSSR count). The van der Waals surface area contributed by atoms with Crippen molar-refractivity contribution in [1.29, 1.82) is 0 Å². The fraction of sp³-hybridized carbons (Fsp3) is 0.406. The molecule has 0 aliphatic carbocycles. The molecule has 0 saturated carbocycles. The normalized spacial score (nSPS) is 13.4. The van der Waals surface area contributed by atoms with Gasteiger partial charge in [0.25, 0.3) is 5.56 Å². The smallest absolute Gasteiger partial charge is 0.266 e. The van der Waals surface area contributed by atoms with E-state index in [2.05, 4.69) is 27.7 Å². The molecule has 0 radical (unpaired) electrons. The Kier molecular flexibility index (Phi) is 7.91. The van der Waals surface area contributed by atoms with E-state index in [4.69, 9.17) is 9.40 Å². The van der Waals surface area contributed by atoms with E-state index >= 15 is 0 Å². The molecule has 2 aromatic carbocycles. The number of nitrogens with zero attached hydrogens (tertiary/aromatic N) is 3. The topological polar surface area (TPSA) is 68.3 Å². The number of rotatable bonds is 8. The summed E-state index contributed by atoms with van der Waals surface area (Å²) in [6, 6.07) is 16.6. The number of fused-ring (bicyclic) bond motifs is 1. The molecule has 6 nitrogen and oxygen atoms in total. The Morgan fingerprint density at radius 1 is 1.03 bits per heavy atom. The van der Waals surface area contributed by atoms with Crippen LogP contribution in [0.5, 0.6) is 0 Å². The highest BCUT2D eigenvalue weighted by Crippen LogP contribution is 2.30. The van der Waals surface area contributed by atoms with Crippen LogP contribution in [0.1, 0.15) is 76.2 Å². The van der Waals surface area contributed by atoms with E-state index in [1.54, 1.807) is 21.8 Å². The summed E-state index contributed by atoms with van der Waals surface area (Å²) in [4.78, 5) is 34.5. The zero-order valence-electron chi connectivity index (χ0n) is 23.6. The molecule has 0 N–H and O–H groups in total. The molecule has 0 spiro atoms. The highest BCUT2D eigenvalue weighted by Gasteiger charge is 2.29. The fourth-order valence-electron chi connectivity index (χ4n) is 5.23. The van der Waals surface area contributed by atoms with Gasteiger partial charge in [-0.05, 0) is 86.1 Å². The summed E-state index contributed by atoms with van der Waals surface area (Å²) in [5, 5.41) is 0.546. The van der Waals surface area contributed by atoms with Crippen molar-refractivity contribution >= 4 is 16.8 Å². The number of hydrogen-bond acceptors (Lipinski definition) is 4. The monoisotopic (exact) mass is 513 g/mol. The van der Waals surface area contributed by atoms with Crippen molar-refractivity contribution in [2.45, 2.75) is 73.9 Å². The number of aryl methyl sites for hydroxylation is 2. The fourth-order valence-corrected chi connectivity index (χ4v) is 5.23. The molecule has 0 bridgehead atoms. The lowest BCUT2D eigenvalue weighted by Gasteiger charge is -2.32. The molecule has 2 heterocycles. The van der Waals surface area contributed by atoms with Crippen molar-refractivity contribution in [3.63, 3.8) is 0 Å². The Hall–Kier alpha value is -3.67. The van der Waals surface area contributed by atoms with Gasteiger partial charge in [-0.15, -0.1) is 0 Å². The molecule has 0 saturated heterocycles. The molecule has 1 amide bonds. The minimum atomic E-state index is -0.478. The van der Waals surface area contributed by atoms with Crippen LogP contribution in [0.3, 0.4) is 0 Å². The first-order valence-electron chi connectivity index (χ1n) is 13.4. The van der Waals surface area contributed by atoms with E-state index < -0.39 is 6.04 Å². The minimum absolute atomic E-state index is 0.0136. The third-order valence-corrected chi connectivity index (χ3v) is 7.10. The Morgan fingerprint density at radius 3 is 2.42 bits per heavy atom. The van der Waals surface area contributed by atoms with Crippen LogP contribution < -0.4 is 5.56 Å². The van der Waals surface area contributed by atoms with Crippen LogP contribution in [0, 0.1) is 25.2 Å². The Morgan fingerprint density at radius 2 is 1.76 bits per heavy atom. The SMILES string of the molecule is Cc1ccc(-n2c(C(C)N(Cc3ccco3)C(=O)CC(C)CC(C)(C)C)nc3ccccc3c2=O)cc1C. The maximum absolute atomic E-state index is 13.9. The van der Waals surface area contributed by atoms with Crippen molar-refractivity contribution in [1.82, 2.24) is 14.5 Å². The van der Waals surface area contributed by atoms with Gasteiger partial charge < -0.3 is 9.32 Å². The molecule has 38 heavy (non-hydrogen) atoms. The molecule has 2 unspecified atom stereocenters. The quantitative estimate of drug-likeness (QED) is 0.251. The number of aromatic nitrogens is 2. The summed E-state index contributed by atoms with van der Waals surface area (Å²) in [7, 11) is 0. The van der Waals surface area contributed by atoms with Gasteiger partial charge in [-0.25, -0.2) is 4.98 Å². The highest BCUT2D eigenvalue weighted by molar-refractivity contribution is 5.79. The highest BCUT2D eigenvalue weighted by atomic mass is 16.3. The summed E-state index contributed by atoms with van der Waals surface area (Å²) >= 11 is 0. The zero-order chi connectivity index (χ0) is 27.6. The average molecular weight is 514 g/mol. The molecule has 200 valence electrons. The maximum atomic E-state index is 13.9. The molecule has 6 heteroatoms. The summed E-state index contributed by atoms with van der Waals surface area (Å²) < 4.78 is 7.31. The van der Waals surface area contributed by atoms with Crippen molar-refractivity contribution < 1.29 is 9.21 Å². The maximum Gasteiger partial charge on any atom is 0.266 e. The largest absolute Gasteiger partial charge is 0.467 e. The minimum Gasteiger partial charge on any atom is -0.467 e. The second-order valence-corrected chi connectivity index (χ2v) is 11.7. The van der Waals surface area contributed by atoms with Crippen molar-refractivity contribution in [3.05, 3.63) is 93.9 Å². The van der Waals surface area contributed by atoms with E-state index in [1.807, 2.05) is 69.3 Å². The predicted molar refractivity (Wildman–Crippen MR) is 152 cm³/mol. The molecular weight excluding hydrogens is 474 g/mol. The first kappa shape index (κ1) is 27.4. The van der Waals surface area contributed by atoms with Crippen LogP contribution >= 0.6 is 0 Å². The van der Waals surface area contributed by atoms with Gasteiger partial charge in [0.2, 0.25) is 5.91 Å². The van der Waals surface area contributed by atoms with E-state index in [9.17, 15) is 9.59 Å². The van der Waals surface area contributed by atoms with Gasteiger partial charge in [-0.2, -0.15) is 0 Å². The van der Waals surface area contributed by atoms with E-state index in [0.29, 0.717) is 35.5 Å². The Labute approximate surface area is 225 Å². The summed E-state index contributed by atoms with van der Waals surface area (Å²) in [6.07, 6.45) is 2.96. The number of hydrogen-bond donors (Lipinski definition) is 0. The van der Waals surface area contributed by atoms with Crippen LogP contribution in [0.4, 0.5) is 0 Å². The van der Waals surface area contributed by atoms with Gasteiger partial charge in [0.05, 0.1) is 35.4 Å². The molecule has 0 aliphatic rings. The third-order valence-electron chi connectivity index (χ3n) is 7.10. The van der Waals surface area contributed by atoms with E-state index in [0.717, 1.165) is 23.2 Å². The van der Waals surface area contributed by atoms with Crippen LogP contribution in [0.15, 0.2) is 70.1 Å². The summed E-state index contributed by atoms with van der Waals surface area (Å²) in [5.74, 6) is 1.44. The van der Waals surface area contributed by atoms with E-state index in [-0.39, 0.29) is 22.8 Å². The van der Waals surface area contributed by atoms with Crippen molar-refractivity contribution in [2.75, 3.05) is 0 Å². The van der Waals surface area contributed by atoms with Gasteiger partial charge in [-0.3, -0.25) is 14.2 Å². The molecule has 2 atom stereocenters. The first-order valence-corrected chi connectivity index (χ1v) is 13.4. The van der Waals surface area contributed by atoms with Gasteiger partial charge in [-0.1, -0.05) is 45.9 Å². The number of benzene rings is 2. The predicted octanol–water partition coefficient (Wildman–Crippen LogP) is 7.15. The molecule has 4 aromatic rings. The summed E-state index contributed by atoms with van der Waals surface area (Å²) in [6.45, 7) is 15.0. The van der Waals surface area contributed by atoms with Crippen molar-refractivity contribution in [2.24, 2.45) is 11.3 Å². The second kappa shape index (κ2) is 11.0. The van der Waals surface area contributed by atoms with Crippen molar-refractivity contribution in [3.8, 4) is 5.69 Å². The Bertz CT molecular complexity index is 1480. The third kappa shape index (κ3) is 6.07. The number of amides is 1. The lowest BCUT2D eigenvalue weighted by atomic mass is 9.84.